The largest absolute Gasteiger partial charge is 0.477 e. The molecule has 0 unspecified atom stereocenters. The second-order valence-electron chi connectivity index (χ2n) is 6.64. The topological polar surface area (TPSA) is 133 Å². The Morgan fingerprint density at radius 1 is 1.03 bits per heavy atom. The number of carbonyl (C=O) groups is 2. The number of allylic oxidation sites excluding steroid dienone is 1. The Labute approximate surface area is 180 Å². The Balaban J connectivity index is 0.000000181. The van der Waals surface area contributed by atoms with Gasteiger partial charge in [-0.2, -0.15) is 0 Å². The van der Waals surface area contributed by atoms with Crippen LogP contribution >= 0.6 is 0 Å². The third-order valence-electron chi connectivity index (χ3n) is 3.99. The second-order valence-corrected chi connectivity index (χ2v) is 6.64. The van der Waals surface area contributed by atoms with Crippen molar-refractivity contribution >= 4 is 29.0 Å². The van der Waals surface area contributed by atoms with Gasteiger partial charge in [0.2, 0.25) is 0 Å². The smallest absolute Gasteiger partial charge is 0.350 e. The van der Waals surface area contributed by atoms with Gasteiger partial charge >= 0.3 is 5.97 Å². The lowest BCUT2D eigenvalue weighted by atomic mass is 10.2. The Bertz CT molecular complexity index is 1020. The Morgan fingerprint density at radius 2 is 1.65 bits per heavy atom. The number of aromatic amines is 1. The third-order valence-corrected chi connectivity index (χ3v) is 3.99. The number of rotatable bonds is 3. The van der Waals surface area contributed by atoms with Gasteiger partial charge in [-0.05, 0) is 38.1 Å². The van der Waals surface area contributed by atoms with Crippen molar-refractivity contribution in [3.8, 4) is 0 Å². The molecule has 1 aliphatic heterocycles. The minimum absolute atomic E-state index is 0.227. The third kappa shape index (κ3) is 8.36. The molecule has 0 atom stereocenters. The van der Waals surface area contributed by atoms with E-state index < -0.39 is 5.97 Å². The van der Waals surface area contributed by atoms with E-state index in [0.29, 0.717) is 12.2 Å². The monoisotopic (exact) mass is 419 g/mol. The van der Waals surface area contributed by atoms with Crippen molar-refractivity contribution in [2.24, 2.45) is 4.99 Å². The van der Waals surface area contributed by atoms with Crippen LogP contribution in [0.4, 0.5) is 11.4 Å². The number of nitrogens with one attached hydrogen (secondary N) is 2. The van der Waals surface area contributed by atoms with E-state index >= 15 is 0 Å². The zero-order valence-electron chi connectivity index (χ0n) is 17.4. The zero-order valence-corrected chi connectivity index (χ0v) is 17.4. The van der Waals surface area contributed by atoms with E-state index in [1.807, 2.05) is 62.4 Å². The number of imidazole rings is 1. The molecule has 1 aromatic heterocycles. The lowest BCUT2D eigenvalue weighted by Crippen LogP contribution is -2.13. The first-order valence-corrected chi connectivity index (χ1v) is 9.49. The number of aryl methyl sites for hydroxylation is 2. The van der Waals surface area contributed by atoms with Crippen LogP contribution in [0.2, 0.25) is 0 Å². The van der Waals surface area contributed by atoms with Crippen molar-refractivity contribution in [2.75, 3.05) is 11.1 Å². The van der Waals surface area contributed by atoms with Crippen molar-refractivity contribution in [3.05, 3.63) is 90.2 Å². The number of nitrogen functional groups attached to an aromatic ring is 1. The van der Waals surface area contributed by atoms with Crippen molar-refractivity contribution < 1.29 is 14.7 Å². The number of nitrogens with two attached hydrogens (primary N) is 1. The van der Waals surface area contributed by atoms with Gasteiger partial charge in [-0.1, -0.05) is 41.5 Å². The number of aliphatic imine (C=N–C) groups is 1. The van der Waals surface area contributed by atoms with Crippen LogP contribution in [0.25, 0.3) is 0 Å². The van der Waals surface area contributed by atoms with E-state index in [9.17, 15) is 9.59 Å². The first-order valence-electron chi connectivity index (χ1n) is 9.49. The standard InChI is InChI=1S/C11H11N3O.C7H9N.C5H5NO2/c1-8-2-4-9(5-3-8)14-11(15)10-12-6-7-13-10;1-6-2-4-7(8)5-3-6;7-5(8)4-2-1-3-6-4/h2-7H,1H3,(H,12,13)(H,14,15);2-5H,8H2,1H3;1,3H,2H2,(H,7,8). The summed E-state index contributed by atoms with van der Waals surface area (Å²) in [5.74, 6) is -0.838. The molecule has 8 nitrogen and oxygen atoms in total. The summed E-state index contributed by atoms with van der Waals surface area (Å²) in [5, 5.41) is 11.0. The fourth-order valence-electron chi connectivity index (χ4n) is 2.29. The van der Waals surface area contributed by atoms with Crippen LogP contribution in [0.15, 0.2) is 78.2 Å². The molecular weight excluding hydrogens is 394 g/mol. The molecule has 3 aromatic rings. The fourth-order valence-corrected chi connectivity index (χ4v) is 2.29. The minimum Gasteiger partial charge on any atom is -0.477 e. The summed E-state index contributed by atoms with van der Waals surface area (Å²) >= 11 is 0. The van der Waals surface area contributed by atoms with E-state index in [1.165, 1.54) is 11.8 Å². The molecule has 0 fully saturated rings. The molecule has 0 spiro atoms. The number of anilines is 2. The van der Waals surface area contributed by atoms with Crippen molar-refractivity contribution in [1.29, 1.82) is 0 Å². The quantitative estimate of drug-likeness (QED) is 0.477. The number of aromatic nitrogens is 2. The molecule has 2 aromatic carbocycles. The number of H-pyrrole nitrogens is 1. The van der Waals surface area contributed by atoms with E-state index in [0.717, 1.165) is 16.9 Å². The highest BCUT2D eigenvalue weighted by molar-refractivity contribution is 6.36. The van der Waals surface area contributed by atoms with E-state index in [2.05, 4.69) is 20.3 Å². The lowest BCUT2D eigenvalue weighted by molar-refractivity contribution is -0.129. The highest BCUT2D eigenvalue weighted by atomic mass is 16.4. The molecule has 4 rings (SSSR count). The molecule has 1 amide bonds. The van der Waals surface area contributed by atoms with Crippen LogP contribution in [0.5, 0.6) is 0 Å². The molecule has 0 saturated heterocycles. The zero-order chi connectivity index (χ0) is 22.6. The summed E-state index contributed by atoms with van der Waals surface area (Å²) in [6.45, 7) is 4.04. The predicted octanol–water partition coefficient (Wildman–Crippen LogP) is 3.98. The van der Waals surface area contributed by atoms with Gasteiger partial charge in [0.05, 0.1) is 0 Å². The van der Waals surface area contributed by atoms with Crippen LogP contribution in [0.3, 0.4) is 0 Å². The number of carbonyl (C=O) groups excluding carboxylic acids is 1. The summed E-state index contributed by atoms with van der Waals surface area (Å²) in [7, 11) is 0. The Hall–Kier alpha value is -4.20. The molecule has 31 heavy (non-hydrogen) atoms. The maximum atomic E-state index is 11.6. The summed E-state index contributed by atoms with van der Waals surface area (Å²) in [5.41, 5.74) is 9.66. The van der Waals surface area contributed by atoms with Gasteiger partial charge in [0.1, 0.15) is 5.71 Å². The molecule has 0 aliphatic carbocycles. The number of hydrogen-bond acceptors (Lipinski definition) is 5. The first kappa shape index (κ1) is 23.1. The van der Waals surface area contributed by atoms with Gasteiger partial charge in [0.15, 0.2) is 5.82 Å². The summed E-state index contributed by atoms with van der Waals surface area (Å²) < 4.78 is 0. The van der Waals surface area contributed by atoms with Crippen LogP contribution < -0.4 is 11.1 Å². The average Bonchev–Trinajstić information content (AvgIpc) is 3.47. The predicted molar refractivity (Wildman–Crippen MR) is 122 cm³/mol. The molecule has 2 heterocycles. The summed E-state index contributed by atoms with van der Waals surface area (Å²) in [6.07, 6.45) is 6.84. The van der Waals surface area contributed by atoms with Gasteiger partial charge in [-0.25, -0.2) is 9.78 Å². The van der Waals surface area contributed by atoms with Crippen molar-refractivity contribution in [2.45, 2.75) is 20.3 Å². The normalized spacial score (nSPS) is 11.4. The number of carboxylic acid groups (broad SMARTS) is 1. The van der Waals surface area contributed by atoms with E-state index in [1.54, 1.807) is 18.5 Å². The van der Waals surface area contributed by atoms with Crippen LogP contribution in [0, 0.1) is 13.8 Å². The van der Waals surface area contributed by atoms with Crippen LogP contribution in [0.1, 0.15) is 28.2 Å². The van der Waals surface area contributed by atoms with Gasteiger partial charge in [0.25, 0.3) is 5.91 Å². The number of benzene rings is 2. The number of hydrogen-bond donors (Lipinski definition) is 4. The van der Waals surface area contributed by atoms with E-state index in [4.69, 9.17) is 10.8 Å². The maximum Gasteiger partial charge on any atom is 0.350 e. The Morgan fingerprint density at radius 3 is 2.06 bits per heavy atom. The first-order chi connectivity index (χ1) is 14.8. The second kappa shape index (κ2) is 11.7. The molecule has 0 bridgehead atoms. The summed E-state index contributed by atoms with van der Waals surface area (Å²) in [6, 6.07) is 15.4. The van der Waals surface area contributed by atoms with Gasteiger partial charge in [0, 0.05) is 36.4 Å². The molecule has 0 saturated carbocycles. The number of amides is 1. The molecule has 0 radical (unpaired) electrons. The Kier molecular flexibility index (Phi) is 8.72. The molecular formula is C23H25N5O3. The average molecular weight is 419 g/mol. The number of nitrogens with zero attached hydrogens (tertiary/aromatic N) is 2. The number of aliphatic carboxylic acids is 1. The van der Waals surface area contributed by atoms with Gasteiger partial charge < -0.3 is 21.1 Å². The molecule has 5 N–H and O–H groups in total. The summed E-state index contributed by atoms with van der Waals surface area (Å²) in [4.78, 5) is 31.8. The molecule has 8 heteroatoms. The minimum atomic E-state index is -0.921. The van der Waals surface area contributed by atoms with Crippen molar-refractivity contribution in [3.63, 3.8) is 0 Å². The van der Waals surface area contributed by atoms with Crippen LogP contribution in [-0.4, -0.2) is 32.7 Å². The van der Waals surface area contributed by atoms with Gasteiger partial charge in [-0.3, -0.25) is 9.79 Å². The van der Waals surface area contributed by atoms with Crippen LogP contribution in [-0.2, 0) is 4.79 Å². The maximum absolute atomic E-state index is 11.6. The molecule has 1 aliphatic rings. The lowest BCUT2D eigenvalue weighted by Gasteiger charge is -2.02. The SMILES string of the molecule is Cc1ccc(N)cc1.Cc1ccc(NC(=O)c2ncc[nH]2)cc1.O=C(O)C1=NC=CC1. The fraction of sp³-hybridized carbons (Fsp3) is 0.130. The molecule has 160 valence electrons. The van der Waals surface area contributed by atoms with E-state index in [-0.39, 0.29) is 11.6 Å². The van der Waals surface area contributed by atoms with Crippen molar-refractivity contribution in [1.82, 2.24) is 9.97 Å². The highest BCUT2D eigenvalue weighted by Gasteiger charge is 2.08. The number of carboxylic acids is 1. The highest BCUT2D eigenvalue weighted by Crippen LogP contribution is 2.09. The van der Waals surface area contributed by atoms with Gasteiger partial charge in [-0.15, -0.1) is 0 Å².